The molecule has 0 aromatic heterocycles. The Morgan fingerprint density at radius 1 is 1.16 bits per heavy atom. The van der Waals surface area contributed by atoms with Crippen molar-refractivity contribution in [1.82, 2.24) is 0 Å². The molecule has 0 spiro atoms. The zero-order valence-electron chi connectivity index (χ0n) is 21.4. The van der Waals surface area contributed by atoms with Gasteiger partial charge in [-0.3, -0.25) is 4.79 Å². The summed E-state index contributed by atoms with van der Waals surface area (Å²) in [5.41, 5.74) is 2.97. The molecule has 0 saturated heterocycles. The van der Waals surface area contributed by atoms with Gasteiger partial charge in [0.25, 0.3) is 0 Å². The topological polar surface area (TPSA) is 40.5 Å². The van der Waals surface area contributed by atoms with Crippen molar-refractivity contribution in [2.75, 3.05) is 18.6 Å². The van der Waals surface area contributed by atoms with Gasteiger partial charge in [0.2, 0.25) is 5.91 Å². The van der Waals surface area contributed by atoms with E-state index in [0.29, 0.717) is 12.0 Å². The smallest absolute Gasteiger partial charge is 0.229 e. The molecule has 3 rings (SSSR count). The van der Waals surface area contributed by atoms with Crippen LogP contribution in [0.1, 0.15) is 85.6 Å². The van der Waals surface area contributed by atoms with E-state index in [4.69, 9.17) is 0 Å². The maximum atomic E-state index is 12.1. The lowest BCUT2D eigenvalue weighted by Crippen LogP contribution is -2.32. The predicted molar refractivity (Wildman–Crippen MR) is 132 cm³/mol. The van der Waals surface area contributed by atoms with Crippen LogP contribution < -0.4 is 4.90 Å². The van der Waals surface area contributed by atoms with Crippen molar-refractivity contribution in [3.63, 3.8) is 0 Å². The van der Waals surface area contributed by atoms with Crippen LogP contribution >= 0.6 is 0 Å². The van der Waals surface area contributed by atoms with E-state index in [2.05, 4.69) is 41.5 Å². The van der Waals surface area contributed by atoms with Crippen molar-refractivity contribution in [3.05, 3.63) is 29.8 Å². The number of hydrogen-bond donors (Lipinski definition) is 1. The van der Waals surface area contributed by atoms with Gasteiger partial charge >= 0.3 is 0 Å². The molecule has 1 amide bonds. The quantitative estimate of drug-likeness (QED) is 0.514. The number of aliphatic hydroxyl groups is 1. The van der Waals surface area contributed by atoms with Gasteiger partial charge in [0.05, 0.1) is 0 Å². The lowest BCUT2D eigenvalue weighted by molar-refractivity contribution is -0.122. The second kappa shape index (κ2) is 10.5. The van der Waals surface area contributed by atoms with E-state index in [1.165, 1.54) is 31.2 Å². The molecule has 0 heterocycles. The Bertz CT molecular complexity index is 723. The summed E-state index contributed by atoms with van der Waals surface area (Å²) < 4.78 is 0. The molecule has 4 atom stereocenters. The van der Waals surface area contributed by atoms with Gasteiger partial charge in [-0.15, -0.1) is 0 Å². The average molecular weight is 430 g/mol. The van der Waals surface area contributed by atoms with Crippen LogP contribution in [-0.2, 0) is 4.79 Å². The first-order valence-electron chi connectivity index (χ1n) is 12.4. The molecular weight excluding hydrogens is 382 g/mol. The maximum Gasteiger partial charge on any atom is 0.229 e. The number of aliphatic hydroxyl groups excluding tert-OH is 1. The van der Waals surface area contributed by atoms with E-state index >= 15 is 0 Å². The Hall–Kier alpha value is -1.35. The monoisotopic (exact) mass is 429 g/mol. The highest BCUT2D eigenvalue weighted by Crippen LogP contribution is 2.59. The van der Waals surface area contributed by atoms with E-state index in [-0.39, 0.29) is 17.2 Å². The van der Waals surface area contributed by atoms with Crippen molar-refractivity contribution in [2.24, 2.45) is 34.5 Å². The number of aryl methyl sites for hydroxylation is 1. The van der Waals surface area contributed by atoms with Gasteiger partial charge in [0.15, 0.2) is 0 Å². The molecule has 0 radical (unpaired) electrons. The second-order valence-corrected chi connectivity index (χ2v) is 11.2. The molecule has 1 aromatic carbocycles. The molecule has 2 aliphatic rings. The van der Waals surface area contributed by atoms with Gasteiger partial charge in [-0.05, 0) is 91.7 Å². The van der Waals surface area contributed by atoms with Crippen LogP contribution in [0.2, 0.25) is 0 Å². The summed E-state index contributed by atoms with van der Waals surface area (Å²) in [5.74, 6) is 2.94. The third-order valence-electron chi connectivity index (χ3n) is 8.79. The Morgan fingerprint density at radius 3 is 2.26 bits per heavy atom. The van der Waals surface area contributed by atoms with Crippen LogP contribution in [-0.4, -0.2) is 24.7 Å². The first-order valence-corrected chi connectivity index (χ1v) is 12.4. The molecule has 1 aromatic rings. The Morgan fingerprint density at radius 2 is 1.81 bits per heavy atom. The summed E-state index contributed by atoms with van der Waals surface area (Å²) in [6.45, 7) is 16.1. The molecule has 0 aliphatic heterocycles. The lowest BCUT2D eigenvalue weighted by Gasteiger charge is -2.31. The van der Waals surface area contributed by atoms with Crippen molar-refractivity contribution in [1.29, 1.82) is 0 Å². The largest absolute Gasteiger partial charge is 0.396 e. The van der Waals surface area contributed by atoms with E-state index in [0.717, 1.165) is 36.3 Å². The average Bonchev–Trinajstić information content (AvgIpc) is 3.33. The second-order valence-electron chi connectivity index (χ2n) is 11.2. The number of carbonyl (C=O) groups excluding carboxylic acids is 1. The number of rotatable bonds is 7. The van der Waals surface area contributed by atoms with Crippen LogP contribution in [0.15, 0.2) is 24.3 Å². The fourth-order valence-electron chi connectivity index (χ4n) is 5.30. The molecule has 3 heteroatoms. The number of anilines is 1. The van der Waals surface area contributed by atoms with E-state index in [1.807, 2.05) is 38.2 Å². The first-order chi connectivity index (χ1) is 14.5. The normalized spacial score (nSPS) is 28.8. The Labute approximate surface area is 191 Å². The minimum absolute atomic E-state index is 0.144. The zero-order chi connectivity index (χ0) is 23.4. The molecule has 2 unspecified atom stereocenters. The minimum atomic E-state index is 0.144. The summed E-state index contributed by atoms with van der Waals surface area (Å²) >= 11 is 0. The van der Waals surface area contributed by atoms with Gasteiger partial charge in [-0.25, -0.2) is 0 Å². The SMILES string of the molecule is CCC(CC)C(=O)N(C)c1cccc(C)c1.C[C@@H]1CC[C@H](CC2CC2(C)CO)C1(C)C. The Kier molecular flexibility index (Phi) is 8.78. The first kappa shape index (κ1) is 25.9. The molecule has 31 heavy (non-hydrogen) atoms. The van der Waals surface area contributed by atoms with Gasteiger partial charge in [0.1, 0.15) is 0 Å². The summed E-state index contributed by atoms with van der Waals surface area (Å²) in [5, 5.41) is 9.29. The van der Waals surface area contributed by atoms with Crippen molar-refractivity contribution in [2.45, 2.75) is 87.0 Å². The lowest BCUT2D eigenvalue weighted by atomic mass is 9.74. The number of benzene rings is 1. The third kappa shape index (κ3) is 6.12. The zero-order valence-corrected chi connectivity index (χ0v) is 21.4. The molecule has 0 bridgehead atoms. The fraction of sp³-hybridized carbons (Fsp3) is 0.750. The van der Waals surface area contributed by atoms with Crippen LogP contribution in [0.4, 0.5) is 5.69 Å². The van der Waals surface area contributed by atoms with Crippen LogP contribution in [0.3, 0.4) is 0 Å². The van der Waals surface area contributed by atoms with Crippen molar-refractivity contribution in [3.8, 4) is 0 Å². The van der Waals surface area contributed by atoms with Gasteiger partial charge in [-0.1, -0.05) is 53.7 Å². The predicted octanol–water partition coefficient (Wildman–Crippen LogP) is 6.86. The highest BCUT2D eigenvalue weighted by molar-refractivity contribution is 5.94. The molecular formula is C28H47NO2. The fourth-order valence-corrected chi connectivity index (χ4v) is 5.30. The molecule has 2 fully saturated rings. The number of carbonyl (C=O) groups is 1. The highest BCUT2D eigenvalue weighted by Gasteiger charge is 2.52. The molecule has 1 N–H and O–H groups in total. The van der Waals surface area contributed by atoms with Crippen LogP contribution in [0.25, 0.3) is 0 Å². The summed E-state index contributed by atoms with van der Waals surface area (Å²) in [4.78, 5) is 13.9. The van der Waals surface area contributed by atoms with Crippen molar-refractivity contribution < 1.29 is 9.90 Å². The van der Waals surface area contributed by atoms with Gasteiger partial charge in [0, 0.05) is 25.3 Å². The van der Waals surface area contributed by atoms with Crippen LogP contribution in [0, 0.1) is 41.4 Å². The molecule has 2 aliphatic carbocycles. The van der Waals surface area contributed by atoms with E-state index < -0.39 is 0 Å². The number of hydrogen-bond acceptors (Lipinski definition) is 2. The summed E-state index contributed by atoms with van der Waals surface area (Å²) in [7, 11) is 1.86. The molecule has 2 saturated carbocycles. The minimum Gasteiger partial charge on any atom is -0.396 e. The summed E-state index contributed by atoms with van der Waals surface area (Å²) in [6.07, 6.45) is 7.24. The summed E-state index contributed by atoms with van der Waals surface area (Å²) in [6, 6.07) is 8.05. The van der Waals surface area contributed by atoms with Crippen molar-refractivity contribution >= 4 is 11.6 Å². The van der Waals surface area contributed by atoms with Gasteiger partial charge in [-0.2, -0.15) is 0 Å². The number of amides is 1. The maximum absolute atomic E-state index is 12.1. The molecule has 176 valence electrons. The number of nitrogens with zero attached hydrogens (tertiary/aromatic N) is 1. The van der Waals surface area contributed by atoms with Crippen LogP contribution in [0.5, 0.6) is 0 Å². The van der Waals surface area contributed by atoms with E-state index in [1.54, 1.807) is 4.90 Å². The van der Waals surface area contributed by atoms with E-state index in [9.17, 15) is 9.90 Å². The molecule has 3 nitrogen and oxygen atoms in total. The third-order valence-corrected chi connectivity index (χ3v) is 8.79. The van der Waals surface area contributed by atoms with Gasteiger partial charge < -0.3 is 10.0 Å². The Balaban J connectivity index is 0.000000220. The standard InChI is InChI=1S/C14H21NO.C14H26O/c1-5-12(6-2)14(16)15(4)13-9-7-8-11(3)10-13;1-10-5-6-11(13(10,2)3)7-12-8-14(12,4)9-15/h7-10,12H,5-6H2,1-4H3;10-12,15H,5-9H2,1-4H3/t;10-,11-,12?,14?/m.1/s1. The highest BCUT2D eigenvalue weighted by atomic mass is 16.3.